The van der Waals surface area contributed by atoms with Crippen LogP contribution in [0.1, 0.15) is 21.5 Å². The molecule has 0 spiro atoms. The summed E-state index contributed by atoms with van der Waals surface area (Å²) in [5, 5.41) is 0. The first kappa shape index (κ1) is 18.4. The summed E-state index contributed by atoms with van der Waals surface area (Å²) in [6.07, 6.45) is 0. The molecule has 0 aromatic heterocycles. The molecule has 0 aliphatic carbocycles. The zero-order chi connectivity index (χ0) is 18.4. The van der Waals surface area contributed by atoms with Crippen LogP contribution in [0.4, 0.5) is 5.69 Å². The third kappa shape index (κ3) is 4.42. The van der Waals surface area contributed by atoms with E-state index in [0.29, 0.717) is 18.7 Å². The molecule has 3 rings (SSSR count). The van der Waals surface area contributed by atoms with Gasteiger partial charge in [-0.15, -0.1) is 0 Å². The molecule has 0 atom stereocenters. The zero-order valence-electron chi connectivity index (χ0n) is 15.5. The number of hydrogen-bond acceptors (Lipinski definition) is 4. The summed E-state index contributed by atoms with van der Waals surface area (Å²) in [5.41, 5.74) is 4.02. The van der Waals surface area contributed by atoms with Crippen LogP contribution in [0.3, 0.4) is 0 Å². The van der Waals surface area contributed by atoms with Crippen molar-refractivity contribution in [2.24, 2.45) is 0 Å². The van der Waals surface area contributed by atoms with Gasteiger partial charge in [-0.3, -0.25) is 4.79 Å². The summed E-state index contributed by atoms with van der Waals surface area (Å²) < 4.78 is 10.6. The van der Waals surface area contributed by atoms with Crippen LogP contribution in [0.2, 0.25) is 0 Å². The van der Waals surface area contributed by atoms with Crippen molar-refractivity contribution in [2.75, 3.05) is 45.4 Å². The number of nitrogens with zero attached hydrogens (tertiary/aromatic N) is 2. The van der Waals surface area contributed by atoms with Gasteiger partial charge < -0.3 is 19.3 Å². The Balaban J connectivity index is 1.74. The molecule has 2 aromatic carbocycles. The molecule has 2 aromatic rings. The number of methoxy groups -OCH3 is 1. The van der Waals surface area contributed by atoms with Gasteiger partial charge in [-0.2, -0.15) is 0 Å². The number of benzene rings is 2. The molecular formula is C21H26N2O3. The highest BCUT2D eigenvalue weighted by atomic mass is 16.5. The summed E-state index contributed by atoms with van der Waals surface area (Å²) in [4.78, 5) is 16.9. The van der Waals surface area contributed by atoms with Gasteiger partial charge in [-0.25, -0.2) is 0 Å². The van der Waals surface area contributed by atoms with Crippen molar-refractivity contribution < 1.29 is 14.3 Å². The van der Waals surface area contributed by atoms with Crippen LogP contribution in [-0.4, -0.2) is 51.3 Å². The lowest BCUT2D eigenvalue weighted by Crippen LogP contribution is -2.37. The van der Waals surface area contributed by atoms with Gasteiger partial charge in [-0.1, -0.05) is 30.3 Å². The smallest absolute Gasteiger partial charge is 0.253 e. The van der Waals surface area contributed by atoms with Crippen LogP contribution < -0.4 is 4.90 Å². The van der Waals surface area contributed by atoms with E-state index in [4.69, 9.17) is 9.47 Å². The number of amides is 1. The van der Waals surface area contributed by atoms with Crippen molar-refractivity contribution in [3.05, 3.63) is 65.2 Å². The van der Waals surface area contributed by atoms with Gasteiger partial charge in [0.25, 0.3) is 5.91 Å². The zero-order valence-corrected chi connectivity index (χ0v) is 15.5. The number of rotatable bonds is 6. The first-order valence-corrected chi connectivity index (χ1v) is 8.93. The average Bonchev–Trinajstić information content (AvgIpc) is 2.69. The van der Waals surface area contributed by atoms with E-state index in [2.05, 4.69) is 17.0 Å². The highest BCUT2D eigenvalue weighted by Crippen LogP contribution is 2.23. The third-order valence-electron chi connectivity index (χ3n) is 4.58. The summed E-state index contributed by atoms with van der Waals surface area (Å²) in [7, 11) is 3.50. The maximum Gasteiger partial charge on any atom is 0.253 e. The second-order valence-corrected chi connectivity index (χ2v) is 6.52. The van der Waals surface area contributed by atoms with E-state index >= 15 is 0 Å². The van der Waals surface area contributed by atoms with E-state index in [9.17, 15) is 4.79 Å². The quantitative estimate of drug-likeness (QED) is 0.800. The van der Waals surface area contributed by atoms with Crippen LogP contribution in [0, 0.1) is 0 Å². The summed E-state index contributed by atoms with van der Waals surface area (Å²) in [6, 6.07) is 15.9. The molecular weight excluding hydrogens is 328 g/mol. The van der Waals surface area contributed by atoms with E-state index < -0.39 is 0 Å². The molecule has 0 unspecified atom stereocenters. The van der Waals surface area contributed by atoms with Gasteiger partial charge in [0.1, 0.15) is 0 Å². The number of ether oxygens (including phenoxy) is 2. The molecule has 5 nitrogen and oxygen atoms in total. The van der Waals surface area contributed by atoms with E-state index in [-0.39, 0.29) is 5.91 Å². The summed E-state index contributed by atoms with van der Waals surface area (Å²) >= 11 is 0. The first-order chi connectivity index (χ1) is 12.7. The molecule has 0 saturated carbocycles. The van der Waals surface area contributed by atoms with Crippen molar-refractivity contribution in [2.45, 2.75) is 13.2 Å². The van der Waals surface area contributed by atoms with E-state index in [1.54, 1.807) is 12.0 Å². The molecule has 1 saturated heterocycles. The summed E-state index contributed by atoms with van der Waals surface area (Å²) in [5.74, 6) is 0.0136. The molecule has 1 fully saturated rings. The van der Waals surface area contributed by atoms with E-state index in [1.165, 1.54) is 5.69 Å². The van der Waals surface area contributed by atoms with Gasteiger partial charge in [-0.05, 0) is 29.3 Å². The van der Waals surface area contributed by atoms with Gasteiger partial charge in [0.15, 0.2) is 0 Å². The molecule has 138 valence electrons. The Labute approximate surface area is 155 Å². The monoisotopic (exact) mass is 354 g/mol. The fraction of sp³-hybridized carbons (Fsp3) is 0.381. The minimum Gasteiger partial charge on any atom is -0.380 e. The van der Waals surface area contributed by atoms with Crippen molar-refractivity contribution >= 4 is 11.6 Å². The molecule has 0 radical (unpaired) electrons. The normalized spacial score (nSPS) is 14.3. The Kier molecular flexibility index (Phi) is 6.26. The predicted molar refractivity (Wildman–Crippen MR) is 102 cm³/mol. The second-order valence-electron chi connectivity index (χ2n) is 6.52. The van der Waals surface area contributed by atoms with Gasteiger partial charge in [0.2, 0.25) is 0 Å². The van der Waals surface area contributed by atoms with Gasteiger partial charge in [0.05, 0.1) is 19.8 Å². The van der Waals surface area contributed by atoms with E-state index in [1.807, 2.05) is 43.4 Å². The van der Waals surface area contributed by atoms with Crippen molar-refractivity contribution in [3.8, 4) is 0 Å². The Morgan fingerprint density at radius 1 is 1.15 bits per heavy atom. The Hall–Kier alpha value is -2.37. The summed E-state index contributed by atoms with van der Waals surface area (Å²) in [6.45, 7) is 4.33. The minimum absolute atomic E-state index is 0.0136. The largest absolute Gasteiger partial charge is 0.380 e. The molecule has 1 aliphatic heterocycles. The van der Waals surface area contributed by atoms with Crippen molar-refractivity contribution in [1.82, 2.24) is 4.90 Å². The number of carbonyl (C=O) groups excluding carboxylic acids is 1. The Morgan fingerprint density at radius 2 is 1.92 bits per heavy atom. The average molecular weight is 354 g/mol. The number of para-hydroxylation sites is 1. The topological polar surface area (TPSA) is 42.0 Å². The van der Waals surface area contributed by atoms with Gasteiger partial charge in [0, 0.05) is 45.0 Å². The Bertz CT molecular complexity index is 742. The lowest BCUT2D eigenvalue weighted by molar-refractivity contribution is 0.0784. The molecule has 5 heteroatoms. The van der Waals surface area contributed by atoms with Crippen molar-refractivity contribution in [3.63, 3.8) is 0 Å². The number of carbonyl (C=O) groups is 1. The Morgan fingerprint density at radius 3 is 2.69 bits per heavy atom. The second kappa shape index (κ2) is 8.83. The maximum absolute atomic E-state index is 12.8. The van der Waals surface area contributed by atoms with Crippen LogP contribution in [0.15, 0.2) is 48.5 Å². The lowest BCUT2D eigenvalue weighted by Gasteiger charge is -2.31. The SMILES string of the molecule is COCc1cccc(C(=O)N(C)Cc2ccccc2N2CCOCC2)c1. The van der Waals surface area contributed by atoms with E-state index in [0.717, 1.165) is 37.4 Å². The minimum atomic E-state index is 0.0136. The first-order valence-electron chi connectivity index (χ1n) is 8.93. The number of morpholine rings is 1. The van der Waals surface area contributed by atoms with Gasteiger partial charge >= 0.3 is 0 Å². The molecule has 1 amide bonds. The molecule has 26 heavy (non-hydrogen) atoms. The number of anilines is 1. The highest BCUT2D eigenvalue weighted by Gasteiger charge is 2.18. The number of hydrogen-bond donors (Lipinski definition) is 0. The molecule has 0 bridgehead atoms. The standard InChI is InChI=1S/C21H26N2O3/c1-22(21(24)18-8-5-6-17(14-18)16-25-2)15-19-7-3-4-9-20(19)23-10-12-26-13-11-23/h3-9,14H,10-13,15-16H2,1-2H3. The molecule has 0 N–H and O–H groups in total. The van der Waals surface area contributed by atoms with Crippen molar-refractivity contribution in [1.29, 1.82) is 0 Å². The van der Waals surface area contributed by atoms with Crippen LogP contribution >= 0.6 is 0 Å². The highest BCUT2D eigenvalue weighted by molar-refractivity contribution is 5.94. The predicted octanol–water partition coefficient (Wildman–Crippen LogP) is 2.94. The van der Waals surface area contributed by atoms with Crippen LogP contribution in [0.5, 0.6) is 0 Å². The fourth-order valence-electron chi connectivity index (χ4n) is 3.27. The van der Waals surface area contributed by atoms with Crippen LogP contribution in [0.25, 0.3) is 0 Å². The molecule has 1 heterocycles. The molecule has 1 aliphatic rings. The lowest BCUT2D eigenvalue weighted by atomic mass is 10.1. The third-order valence-corrected chi connectivity index (χ3v) is 4.58. The fourth-order valence-corrected chi connectivity index (χ4v) is 3.27. The maximum atomic E-state index is 12.8. The van der Waals surface area contributed by atoms with Crippen LogP contribution in [-0.2, 0) is 22.6 Å².